The van der Waals surface area contributed by atoms with Gasteiger partial charge in [-0.3, -0.25) is 13.9 Å². The Morgan fingerprint density at radius 3 is 2.42 bits per heavy atom. The maximum absolute atomic E-state index is 13.0. The van der Waals surface area contributed by atoms with Gasteiger partial charge >= 0.3 is 17.3 Å². The van der Waals surface area contributed by atoms with Gasteiger partial charge in [-0.2, -0.15) is 9.55 Å². The van der Waals surface area contributed by atoms with E-state index in [4.69, 9.17) is 39.5 Å². The van der Waals surface area contributed by atoms with E-state index in [9.17, 15) is 9.59 Å². The molecule has 2 aromatic carbocycles. The predicted octanol–water partition coefficient (Wildman–Crippen LogP) is 3.44. The van der Waals surface area contributed by atoms with Crippen LogP contribution >= 0.6 is 34.8 Å². The number of aryl methyl sites for hydroxylation is 1. The van der Waals surface area contributed by atoms with Crippen LogP contribution < -0.4 is 20.6 Å². The fourth-order valence-corrected chi connectivity index (χ4v) is 3.99. The van der Waals surface area contributed by atoms with Crippen molar-refractivity contribution in [1.29, 1.82) is 0 Å². The zero-order valence-corrected chi connectivity index (χ0v) is 18.9. The van der Waals surface area contributed by atoms with E-state index in [1.165, 1.54) is 11.6 Å². The Labute approximate surface area is 192 Å². The first kappa shape index (κ1) is 21.5. The number of imidazole rings is 1. The first-order valence-electron chi connectivity index (χ1n) is 9.29. The van der Waals surface area contributed by atoms with Crippen LogP contribution in [0.25, 0.3) is 11.2 Å². The summed E-state index contributed by atoms with van der Waals surface area (Å²) in [6.07, 6.45) is 0. The first-order chi connectivity index (χ1) is 14.8. The molecule has 0 atom stereocenters. The Hall–Kier alpha value is -2.74. The molecule has 0 aliphatic carbocycles. The molecule has 0 bridgehead atoms. The fourth-order valence-electron chi connectivity index (χ4n) is 3.33. The van der Waals surface area contributed by atoms with Crippen LogP contribution in [0.5, 0.6) is 6.01 Å². The Bertz CT molecular complexity index is 1420. The van der Waals surface area contributed by atoms with Gasteiger partial charge < -0.3 is 4.74 Å². The third-order valence-electron chi connectivity index (χ3n) is 5.05. The van der Waals surface area contributed by atoms with E-state index < -0.39 is 11.2 Å². The maximum Gasteiger partial charge on any atom is 0.456 e. The van der Waals surface area contributed by atoms with Gasteiger partial charge in [-0.15, -0.1) is 0 Å². The zero-order valence-electron chi connectivity index (χ0n) is 16.7. The molecule has 4 rings (SSSR count). The second kappa shape index (κ2) is 8.42. The van der Waals surface area contributed by atoms with E-state index >= 15 is 0 Å². The van der Waals surface area contributed by atoms with Crippen LogP contribution in [0.15, 0.2) is 52.1 Å². The number of aromatic amines is 1. The van der Waals surface area contributed by atoms with Crippen LogP contribution in [0.3, 0.4) is 0 Å². The van der Waals surface area contributed by atoms with Crippen LogP contribution in [0.4, 0.5) is 0 Å². The zero-order chi connectivity index (χ0) is 22.3. The molecule has 0 aliphatic rings. The standard InChI is InChI=1S/C21H17Cl3N4O3/c1-26-18-17(19(29)27(2)21(26)30)28(10-12-5-3-4-6-15(12)23)20(25-18)31-11-13-7-8-14(22)9-16(13)24/h3-9H,10-11H2,1-2H3/p+1. The van der Waals surface area contributed by atoms with E-state index in [-0.39, 0.29) is 13.2 Å². The lowest BCUT2D eigenvalue weighted by molar-refractivity contribution is -0.669. The Morgan fingerprint density at radius 2 is 1.71 bits per heavy atom. The number of nitrogens with one attached hydrogen (secondary N) is 1. The van der Waals surface area contributed by atoms with Gasteiger partial charge in [-0.1, -0.05) is 59.1 Å². The van der Waals surface area contributed by atoms with E-state index in [2.05, 4.69) is 4.98 Å². The molecule has 0 radical (unpaired) electrons. The fraction of sp³-hybridized carbons (Fsp3) is 0.190. The molecule has 7 nitrogen and oxygen atoms in total. The van der Waals surface area contributed by atoms with E-state index in [1.807, 2.05) is 18.2 Å². The number of hydrogen-bond acceptors (Lipinski definition) is 3. The molecule has 31 heavy (non-hydrogen) atoms. The normalized spacial score (nSPS) is 11.3. The van der Waals surface area contributed by atoms with Crippen LogP contribution in [0.1, 0.15) is 11.1 Å². The minimum atomic E-state index is -0.448. The second-order valence-corrected chi connectivity index (χ2v) is 8.29. The van der Waals surface area contributed by atoms with Gasteiger partial charge in [0.15, 0.2) is 0 Å². The monoisotopic (exact) mass is 479 g/mol. The van der Waals surface area contributed by atoms with Crippen molar-refractivity contribution in [3.63, 3.8) is 0 Å². The molecule has 0 saturated carbocycles. The van der Waals surface area contributed by atoms with Crippen LogP contribution in [-0.2, 0) is 27.2 Å². The third kappa shape index (κ3) is 3.96. The van der Waals surface area contributed by atoms with Gasteiger partial charge in [-0.05, 0) is 18.2 Å². The van der Waals surface area contributed by atoms with Crippen molar-refractivity contribution in [3.8, 4) is 6.01 Å². The Balaban J connectivity index is 1.86. The molecule has 10 heteroatoms. The summed E-state index contributed by atoms with van der Waals surface area (Å²) in [6.45, 7) is 0.385. The lowest BCUT2D eigenvalue weighted by atomic mass is 10.2. The smallest absolute Gasteiger partial charge is 0.426 e. The third-order valence-corrected chi connectivity index (χ3v) is 6.00. The largest absolute Gasteiger partial charge is 0.456 e. The average molecular weight is 481 g/mol. The number of benzene rings is 2. The topological polar surface area (TPSA) is 72.9 Å². The summed E-state index contributed by atoms with van der Waals surface area (Å²) in [7, 11) is 3.02. The number of H-pyrrole nitrogens is 1. The summed E-state index contributed by atoms with van der Waals surface area (Å²) in [5.41, 5.74) is 1.26. The van der Waals surface area contributed by atoms with E-state index in [0.717, 1.165) is 15.7 Å². The number of fused-ring (bicyclic) bond motifs is 1. The molecule has 0 spiro atoms. The number of halogens is 3. The summed E-state index contributed by atoms with van der Waals surface area (Å²) in [6, 6.07) is 12.7. The molecule has 0 aliphatic heterocycles. The Morgan fingerprint density at radius 1 is 0.968 bits per heavy atom. The predicted molar refractivity (Wildman–Crippen MR) is 120 cm³/mol. The second-order valence-electron chi connectivity index (χ2n) is 7.04. The molecule has 0 fully saturated rings. The molecule has 0 unspecified atom stereocenters. The number of hydrogen-bond donors (Lipinski definition) is 1. The highest BCUT2D eigenvalue weighted by Crippen LogP contribution is 2.23. The van der Waals surface area contributed by atoms with Gasteiger partial charge in [0.2, 0.25) is 0 Å². The molecule has 0 amide bonds. The van der Waals surface area contributed by atoms with Gasteiger partial charge in [0.25, 0.3) is 11.2 Å². The minimum Gasteiger partial charge on any atom is -0.426 e. The summed E-state index contributed by atoms with van der Waals surface area (Å²) in [4.78, 5) is 28.4. The number of ether oxygens (including phenoxy) is 1. The molecule has 4 aromatic rings. The lowest BCUT2D eigenvalue weighted by Gasteiger charge is -2.07. The quantitative estimate of drug-likeness (QED) is 0.445. The number of rotatable bonds is 5. The lowest BCUT2D eigenvalue weighted by Crippen LogP contribution is -2.44. The molecule has 2 aromatic heterocycles. The van der Waals surface area contributed by atoms with Crippen molar-refractivity contribution in [3.05, 3.63) is 89.5 Å². The highest BCUT2D eigenvalue weighted by molar-refractivity contribution is 6.35. The van der Waals surface area contributed by atoms with Crippen LogP contribution in [-0.4, -0.2) is 14.1 Å². The highest BCUT2D eigenvalue weighted by atomic mass is 35.5. The van der Waals surface area contributed by atoms with Crippen molar-refractivity contribution in [2.45, 2.75) is 13.2 Å². The maximum atomic E-state index is 13.0. The number of nitrogens with zero attached hydrogens (tertiary/aromatic N) is 3. The van der Waals surface area contributed by atoms with Crippen molar-refractivity contribution in [1.82, 2.24) is 14.1 Å². The summed E-state index contributed by atoms with van der Waals surface area (Å²) < 4.78 is 10.1. The SMILES string of the molecule is Cn1c(=O)c2c([nH]c(OCc3ccc(Cl)cc3Cl)[n+]2Cc2ccccc2Cl)n(C)c1=O. The van der Waals surface area contributed by atoms with Crippen molar-refractivity contribution < 1.29 is 9.30 Å². The Kier molecular flexibility index (Phi) is 5.83. The minimum absolute atomic E-state index is 0.125. The number of aromatic nitrogens is 4. The molecule has 160 valence electrons. The van der Waals surface area contributed by atoms with Gasteiger partial charge in [0.05, 0.1) is 0 Å². The first-order valence-corrected chi connectivity index (χ1v) is 10.4. The van der Waals surface area contributed by atoms with Gasteiger partial charge in [0, 0.05) is 40.3 Å². The highest BCUT2D eigenvalue weighted by Gasteiger charge is 2.28. The summed E-state index contributed by atoms with van der Waals surface area (Å²) in [5, 5.41) is 1.54. The molecular weight excluding hydrogens is 463 g/mol. The van der Waals surface area contributed by atoms with E-state index in [0.29, 0.717) is 32.2 Å². The van der Waals surface area contributed by atoms with Crippen LogP contribution in [0, 0.1) is 0 Å². The van der Waals surface area contributed by atoms with Crippen LogP contribution in [0.2, 0.25) is 15.1 Å². The van der Waals surface area contributed by atoms with Crippen molar-refractivity contribution in [2.75, 3.05) is 0 Å². The van der Waals surface area contributed by atoms with Gasteiger partial charge in [-0.25, -0.2) is 4.79 Å². The van der Waals surface area contributed by atoms with Gasteiger partial charge in [0.1, 0.15) is 13.2 Å². The summed E-state index contributed by atoms with van der Waals surface area (Å²) in [5.74, 6) is 0. The average Bonchev–Trinajstić information content (AvgIpc) is 3.10. The molecule has 1 N–H and O–H groups in total. The van der Waals surface area contributed by atoms with E-state index in [1.54, 1.807) is 35.9 Å². The molecular formula is C21H18Cl3N4O3+. The molecule has 0 saturated heterocycles. The molecule has 2 heterocycles. The van der Waals surface area contributed by atoms with Crippen molar-refractivity contribution >= 4 is 46.0 Å². The summed E-state index contributed by atoms with van der Waals surface area (Å²) >= 11 is 18.6. The van der Waals surface area contributed by atoms with Crippen molar-refractivity contribution in [2.24, 2.45) is 14.1 Å².